The van der Waals surface area contributed by atoms with Crippen molar-refractivity contribution >= 4 is 64.9 Å². The third-order valence-corrected chi connectivity index (χ3v) is 12.4. The van der Waals surface area contributed by atoms with Crippen molar-refractivity contribution in [2.45, 2.75) is 0 Å². The number of fused-ring (bicyclic) bond motifs is 9. The van der Waals surface area contributed by atoms with E-state index in [2.05, 4.69) is 229 Å². The van der Waals surface area contributed by atoms with E-state index in [-0.39, 0.29) is 0 Å². The van der Waals surface area contributed by atoms with E-state index in [1.165, 1.54) is 109 Å². The van der Waals surface area contributed by atoms with Crippen LogP contribution in [0.2, 0.25) is 0 Å². The second-order valence-electron chi connectivity index (χ2n) is 15.5. The molecule has 0 spiro atoms. The van der Waals surface area contributed by atoms with E-state index in [0.29, 0.717) is 0 Å². The molecule has 0 saturated heterocycles. The summed E-state index contributed by atoms with van der Waals surface area (Å²) in [6.07, 6.45) is 0. The fourth-order valence-corrected chi connectivity index (χ4v) is 9.85. The second-order valence-corrected chi connectivity index (χ2v) is 15.5. The van der Waals surface area contributed by atoms with E-state index in [1.807, 2.05) is 0 Å². The molecule has 0 aliphatic heterocycles. The summed E-state index contributed by atoms with van der Waals surface area (Å²) in [5.74, 6) is 0. The standard InChI is InChI=1S/C58H37N/c1-4-18-38(19-5-1)51-36-53-57(45-26-12-10-24-43(45)51)58-46-27-13-11-25-44(46)52(37-54(58)59(53)42-22-8-3-9-23-42)39-32-34-41(35-33-39)56-49-30-16-14-28-47(49)55(40-20-6-2-7-21-40)48-29-15-17-31-50(48)56/h1-37H. The Kier molecular flexibility index (Phi) is 7.61. The van der Waals surface area contributed by atoms with Gasteiger partial charge in [-0.3, -0.25) is 0 Å². The molecule has 1 nitrogen and oxygen atoms in total. The van der Waals surface area contributed by atoms with Crippen LogP contribution in [0.3, 0.4) is 0 Å². The maximum absolute atomic E-state index is 2.49. The zero-order chi connectivity index (χ0) is 38.9. The minimum atomic E-state index is 1.15. The predicted molar refractivity (Wildman–Crippen MR) is 253 cm³/mol. The van der Waals surface area contributed by atoms with Crippen molar-refractivity contribution in [3.8, 4) is 50.2 Å². The van der Waals surface area contributed by atoms with Gasteiger partial charge in [-0.05, 0) is 112 Å². The molecule has 0 unspecified atom stereocenters. The quantitative estimate of drug-likeness (QED) is 0.155. The Labute approximate surface area is 342 Å². The van der Waals surface area contributed by atoms with Crippen molar-refractivity contribution in [1.82, 2.24) is 4.57 Å². The first-order valence-corrected chi connectivity index (χ1v) is 20.4. The van der Waals surface area contributed by atoms with Crippen LogP contribution < -0.4 is 0 Å². The molecular formula is C58H37N. The lowest BCUT2D eigenvalue weighted by atomic mass is 9.85. The highest BCUT2D eigenvalue weighted by Gasteiger charge is 2.22. The smallest absolute Gasteiger partial charge is 0.0553 e. The lowest BCUT2D eigenvalue weighted by molar-refractivity contribution is 1.18. The summed E-state index contributed by atoms with van der Waals surface area (Å²) in [7, 11) is 0. The third-order valence-electron chi connectivity index (χ3n) is 12.4. The Balaban J connectivity index is 1.12. The molecule has 0 aliphatic carbocycles. The molecule has 0 amide bonds. The number of aromatic nitrogens is 1. The molecule has 0 saturated carbocycles. The van der Waals surface area contributed by atoms with E-state index in [0.717, 1.165) is 5.69 Å². The summed E-state index contributed by atoms with van der Waals surface area (Å²) in [5, 5.41) is 12.7. The molecule has 1 aromatic heterocycles. The van der Waals surface area contributed by atoms with Crippen LogP contribution in [0.1, 0.15) is 0 Å². The molecule has 59 heavy (non-hydrogen) atoms. The number of hydrogen-bond donors (Lipinski definition) is 0. The van der Waals surface area contributed by atoms with Crippen molar-refractivity contribution in [3.63, 3.8) is 0 Å². The topological polar surface area (TPSA) is 4.93 Å². The van der Waals surface area contributed by atoms with Gasteiger partial charge in [0.2, 0.25) is 0 Å². The Morgan fingerprint density at radius 1 is 0.237 bits per heavy atom. The first-order valence-electron chi connectivity index (χ1n) is 20.4. The average Bonchev–Trinajstić information content (AvgIpc) is 3.65. The molecule has 0 aliphatic rings. The normalized spacial score (nSPS) is 11.7. The van der Waals surface area contributed by atoms with E-state index >= 15 is 0 Å². The van der Waals surface area contributed by atoms with Gasteiger partial charge >= 0.3 is 0 Å². The molecular weight excluding hydrogens is 711 g/mol. The fraction of sp³-hybridized carbons (Fsp3) is 0. The number of hydrogen-bond acceptors (Lipinski definition) is 0. The van der Waals surface area contributed by atoms with E-state index in [9.17, 15) is 0 Å². The number of benzene rings is 11. The molecule has 1 heteroatoms. The van der Waals surface area contributed by atoms with E-state index < -0.39 is 0 Å². The molecule has 1 heterocycles. The fourth-order valence-electron chi connectivity index (χ4n) is 9.85. The van der Waals surface area contributed by atoms with Crippen molar-refractivity contribution in [1.29, 1.82) is 0 Å². The van der Waals surface area contributed by atoms with Crippen LogP contribution in [0.5, 0.6) is 0 Å². The molecule has 0 bridgehead atoms. The van der Waals surface area contributed by atoms with Crippen LogP contribution in [-0.4, -0.2) is 4.57 Å². The average molecular weight is 748 g/mol. The Morgan fingerprint density at radius 3 is 0.983 bits per heavy atom. The van der Waals surface area contributed by atoms with Gasteiger partial charge < -0.3 is 4.57 Å². The van der Waals surface area contributed by atoms with Gasteiger partial charge in [-0.2, -0.15) is 0 Å². The van der Waals surface area contributed by atoms with Gasteiger partial charge in [0, 0.05) is 16.5 Å². The van der Waals surface area contributed by atoms with Gasteiger partial charge in [-0.25, -0.2) is 0 Å². The van der Waals surface area contributed by atoms with Gasteiger partial charge in [0.25, 0.3) is 0 Å². The lowest BCUT2D eigenvalue weighted by Gasteiger charge is -2.18. The number of nitrogens with zero attached hydrogens (tertiary/aromatic N) is 1. The number of para-hydroxylation sites is 1. The lowest BCUT2D eigenvalue weighted by Crippen LogP contribution is -1.95. The summed E-state index contributed by atoms with van der Waals surface area (Å²) >= 11 is 0. The second kappa shape index (κ2) is 13.4. The minimum Gasteiger partial charge on any atom is -0.309 e. The Bertz CT molecular complexity index is 3510. The SMILES string of the molecule is c1ccc(-c2c3ccccc3c(-c3ccc(-c4cc5c(c6ccccc46)c4c6ccccc6c(-c6ccccc6)cc4n5-c4ccccc4)cc3)c3ccccc23)cc1. The van der Waals surface area contributed by atoms with Crippen molar-refractivity contribution in [3.05, 3.63) is 224 Å². The summed E-state index contributed by atoms with van der Waals surface area (Å²) in [6, 6.07) is 82.4. The Morgan fingerprint density at radius 2 is 0.542 bits per heavy atom. The summed E-state index contributed by atoms with van der Waals surface area (Å²) < 4.78 is 2.49. The third kappa shape index (κ3) is 5.18. The van der Waals surface area contributed by atoms with Crippen LogP contribution in [0.4, 0.5) is 0 Å². The first-order chi connectivity index (χ1) is 29.3. The zero-order valence-electron chi connectivity index (χ0n) is 32.3. The van der Waals surface area contributed by atoms with Crippen LogP contribution in [0.15, 0.2) is 224 Å². The molecule has 0 radical (unpaired) electrons. The summed E-state index contributed by atoms with van der Waals surface area (Å²) in [4.78, 5) is 0. The maximum Gasteiger partial charge on any atom is 0.0553 e. The van der Waals surface area contributed by atoms with Gasteiger partial charge in [-0.1, -0.05) is 200 Å². The van der Waals surface area contributed by atoms with Crippen molar-refractivity contribution in [2.24, 2.45) is 0 Å². The van der Waals surface area contributed by atoms with Gasteiger partial charge in [0.15, 0.2) is 0 Å². The highest BCUT2D eigenvalue weighted by Crippen LogP contribution is 2.47. The molecule has 12 aromatic rings. The van der Waals surface area contributed by atoms with Crippen LogP contribution in [-0.2, 0) is 0 Å². The van der Waals surface area contributed by atoms with Crippen LogP contribution in [0, 0.1) is 0 Å². The number of rotatable bonds is 5. The van der Waals surface area contributed by atoms with Crippen molar-refractivity contribution < 1.29 is 0 Å². The van der Waals surface area contributed by atoms with Crippen LogP contribution in [0.25, 0.3) is 115 Å². The molecule has 0 fully saturated rings. The van der Waals surface area contributed by atoms with Gasteiger partial charge in [-0.15, -0.1) is 0 Å². The van der Waals surface area contributed by atoms with E-state index in [4.69, 9.17) is 0 Å². The van der Waals surface area contributed by atoms with Gasteiger partial charge in [0.1, 0.15) is 0 Å². The largest absolute Gasteiger partial charge is 0.309 e. The molecule has 0 N–H and O–H groups in total. The predicted octanol–water partition coefficient (Wildman–Crippen LogP) is 16.1. The molecule has 274 valence electrons. The highest BCUT2D eigenvalue weighted by molar-refractivity contribution is 6.32. The molecule has 12 rings (SSSR count). The minimum absolute atomic E-state index is 1.15. The Hall–Kier alpha value is -7.74. The summed E-state index contributed by atoms with van der Waals surface area (Å²) in [6.45, 7) is 0. The monoisotopic (exact) mass is 747 g/mol. The van der Waals surface area contributed by atoms with Crippen molar-refractivity contribution in [2.75, 3.05) is 0 Å². The van der Waals surface area contributed by atoms with Crippen LogP contribution >= 0.6 is 0 Å². The maximum atomic E-state index is 2.49. The highest BCUT2D eigenvalue weighted by atomic mass is 15.0. The zero-order valence-corrected chi connectivity index (χ0v) is 32.3. The van der Waals surface area contributed by atoms with E-state index in [1.54, 1.807) is 0 Å². The van der Waals surface area contributed by atoms with Gasteiger partial charge in [0.05, 0.1) is 11.0 Å². The summed E-state index contributed by atoms with van der Waals surface area (Å²) in [5.41, 5.74) is 13.4. The molecule has 0 atom stereocenters. The molecule has 11 aromatic carbocycles. The first kappa shape index (κ1) is 33.4.